The summed E-state index contributed by atoms with van der Waals surface area (Å²) in [7, 11) is 1.74. The molecule has 0 fully saturated rings. The molecule has 0 aromatic rings. The Morgan fingerprint density at radius 3 is 2.56 bits per heavy atom. The molecule has 0 rings (SSSR count). The van der Waals surface area contributed by atoms with Gasteiger partial charge in [0.05, 0.1) is 12.7 Å². The Morgan fingerprint density at radius 1 is 1.44 bits per heavy atom. The number of hydrogen-bond acceptors (Lipinski definition) is 4. The third-order valence-corrected chi connectivity index (χ3v) is 3.37. The van der Waals surface area contributed by atoms with Crippen LogP contribution in [0.2, 0.25) is 0 Å². The molecule has 0 aliphatic carbocycles. The van der Waals surface area contributed by atoms with Crippen molar-refractivity contribution in [2.75, 3.05) is 33.4 Å². The number of nitrogens with zero attached hydrogens (tertiary/aromatic N) is 2. The van der Waals surface area contributed by atoms with Gasteiger partial charge in [0, 0.05) is 13.2 Å². The van der Waals surface area contributed by atoms with Crippen LogP contribution in [0.15, 0.2) is 0 Å². The Labute approximate surface area is 112 Å². The lowest BCUT2D eigenvalue weighted by atomic mass is 9.97. The largest absolute Gasteiger partial charge is 0.383 e. The molecule has 2 atom stereocenters. The number of nitriles is 1. The summed E-state index contributed by atoms with van der Waals surface area (Å²) in [5, 5.41) is 12.4. The molecule has 106 valence electrons. The lowest BCUT2D eigenvalue weighted by Crippen LogP contribution is -2.42. The van der Waals surface area contributed by atoms with Crippen molar-refractivity contribution >= 4 is 0 Å². The Kier molecular flexibility index (Phi) is 8.99. The van der Waals surface area contributed by atoms with Gasteiger partial charge in [0.25, 0.3) is 0 Å². The van der Waals surface area contributed by atoms with Gasteiger partial charge in [-0.2, -0.15) is 5.26 Å². The molecule has 2 unspecified atom stereocenters. The molecule has 4 heteroatoms. The normalized spacial score (nSPS) is 16.3. The van der Waals surface area contributed by atoms with E-state index in [9.17, 15) is 5.26 Å². The highest BCUT2D eigenvalue weighted by Crippen LogP contribution is 2.12. The van der Waals surface area contributed by atoms with Gasteiger partial charge < -0.3 is 4.74 Å². The number of hydrogen-bond donors (Lipinski definition) is 1. The van der Waals surface area contributed by atoms with E-state index in [-0.39, 0.29) is 0 Å². The molecular formula is C14H29N3O. The molecule has 0 spiro atoms. The first-order chi connectivity index (χ1) is 8.52. The van der Waals surface area contributed by atoms with Crippen LogP contribution in [-0.4, -0.2) is 49.8 Å². The smallest absolute Gasteiger partial charge is 0.103 e. The molecule has 1 N–H and O–H groups in total. The van der Waals surface area contributed by atoms with E-state index in [1.165, 1.54) is 0 Å². The van der Waals surface area contributed by atoms with E-state index in [4.69, 9.17) is 4.74 Å². The van der Waals surface area contributed by atoms with Gasteiger partial charge in [-0.15, -0.1) is 0 Å². The van der Waals surface area contributed by atoms with Crippen molar-refractivity contribution in [2.24, 2.45) is 0 Å². The molecule has 0 saturated carbocycles. The van der Waals surface area contributed by atoms with Gasteiger partial charge in [0.15, 0.2) is 0 Å². The zero-order valence-corrected chi connectivity index (χ0v) is 12.6. The molecule has 18 heavy (non-hydrogen) atoms. The average Bonchev–Trinajstić information content (AvgIpc) is 2.35. The van der Waals surface area contributed by atoms with Gasteiger partial charge >= 0.3 is 0 Å². The monoisotopic (exact) mass is 255 g/mol. The van der Waals surface area contributed by atoms with E-state index in [1.54, 1.807) is 7.11 Å². The van der Waals surface area contributed by atoms with Gasteiger partial charge in [0.1, 0.15) is 5.54 Å². The first kappa shape index (κ1) is 17.4. The van der Waals surface area contributed by atoms with Gasteiger partial charge in [0.2, 0.25) is 0 Å². The second-order valence-corrected chi connectivity index (χ2v) is 5.01. The van der Waals surface area contributed by atoms with E-state index in [0.717, 1.165) is 39.1 Å². The summed E-state index contributed by atoms with van der Waals surface area (Å²) in [5.41, 5.74) is -0.390. The Balaban J connectivity index is 4.10. The van der Waals surface area contributed by atoms with Crippen LogP contribution in [0.3, 0.4) is 0 Å². The predicted molar refractivity (Wildman–Crippen MR) is 75.5 cm³/mol. The number of nitrogens with one attached hydrogen (secondary N) is 1. The molecule has 0 aromatic heterocycles. The fraction of sp³-hybridized carbons (Fsp3) is 0.929. The quantitative estimate of drug-likeness (QED) is 0.649. The Morgan fingerprint density at radius 2 is 2.11 bits per heavy atom. The first-order valence-electron chi connectivity index (χ1n) is 6.92. The summed E-state index contributed by atoms with van der Waals surface area (Å²) < 4.78 is 5.19. The van der Waals surface area contributed by atoms with Crippen molar-refractivity contribution in [2.45, 2.75) is 52.1 Å². The van der Waals surface area contributed by atoms with Crippen LogP contribution in [0.5, 0.6) is 0 Å². The number of ether oxygens (including phenoxy) is 1. The van der Waals surface area contributed by atoms with Crippen molar-refractivity contribution in [3.05, 3.63) is 0 Å². The summed E-state index contributed by atoms with van der Waals surface area (Å²) in [6.45, 7) is 12.0. The Hall–Kier alpha value is -0.630. The van der Waals surface area contributed by atoms with E-state index < -0.39 is 5.54 Å². The minimum Gasteiger partial charge on any atom is -0.383 e. The molecule has 0 bridgehead atoms. The van der Waals surface area contributed by atoms with Crippen LogP contribution in [0.25, 0.3) is 0 Å². The lowest BCUT2D eigenvalue weighted by Gasteiger charge is -2.29. The maximum atomic E-state index is 9.19. The average molecular weight is 255 g/mol. The molecule has 0 heterocycles. The summed E-state index contributed by atoms with van der Waals surface area (Å²) in [4.78, 5) is 2.40. The standard InChI is InChI=1S/C14H29N3O/c1-6-16-14(4,12-15)9-8-10-17(7-2)13(3)11-18-5/h13,16H,6-11H2,1-5H3. The topological polar surface area (TPSA) is 48.3 Å². The Bertz CT molecular complexity index is 252. The minimum absolute atomic E-state index is 0.390. The molecular weight excluding hydrogens is 226 g/mol. The molecule has 0 radical (unpaired) electrons. The van der Waals surface area contributed by atoms with Gasteiger partial charge in [-0.3, -0.25) is 10.2 Å². The molecule has 0 aromatic carbocycles. The minimum atomic E-state index is -0.390. The third-order valence-electron chi connectivity index (χ3n) is 3.37. The lowest BCUT2D eigenvalue weighted by molar-refractivity contribution is 0.100. The SMILES string of the molecule is CCNC(C)(C#N)CCCN(CC)C(C)COC. The summed E-state index contributed by atoms with van der Waals surface area (Å²) in [5.74, 6) is 0. The van der Waals surface area contributed by atoms with E-state index in [2.05, 4.69) is 30.1 Å². The van der Waals surface area contributed by atoms with Crippen molar-refractivity contribution in [3.8, 4) is 6.07 Å². The van der Waals surface area contributed by atoms with Gasteiger partial charge in [-0.05, 0) is 46.3 Å². The molecule has 0 amide bonds. The van der Waals surface area contributed by atoms with Crippen molar-refractivity contribution in [3.63, 3.8) is 0 Å². The van der Waals surface area contributed by atoms with Gasteiger partial charge in [-0.1, -0.05) is 13.8 Å². The van der Waals surface area contributed by atoms with Crippen LogP contribution >= 0.6 is 0 Å². The first-order valence-corrected chi connectivity index (χ1v) is 6.92. The highest BCUT2D eigenvalue weighted by molar-refractivity contribution is 5.03. The zero-order valence-electron chi connectivity index (χ0n) is 12.6. The molecule has 0 aliphatic heterocycles. The zero-order chi connectivity index (χ0) is 14.0. The summed E-state index contributed by atoms with van der Waals surface area (Å²) in [6, 6.07) is 2.81. The highest BCUT2D eigenvalue weighted by atomic mass is 16.5. The maximum Gasteiger partial charge on any atom is 0.103 e. The fourth-order valence-corrected chi connectivity index (χ4v) is 2.25. The summed E-state index contributed by atoms with van der Waals surface area (Å²) >= 11 is 0. The van der Waals surface area contributed by atoms with Crippen LogP contribution in [0.4, 0.5) is 0 Å². The molecule has 4 nitrogen and oxygen atoms in total. The maximum absolute atomic E-state index is 9.19. The number of rotatable bonds is 10. The molecule has 0 aliphatic rings. The highest BCUT2D eigenvalue weighted by Gasteiger charge is 2.22. The molecule has 0 saturated heterocycles. The van der Waals surface area contributed by atoms with Crippen LogP contribution in [-0.2, 0) is 4.74 Å². The fourth-order valence-electron chi connectivity index (χ4n) is 2.25. The second-order valence-electron chi connectivity index (χ2n) is 5.01. The summed E-state index contributed by atoms with van der Waals surface area (Å²) in [6.07, 6.45) is 1.91. The number of likely N-dealkylation sites (N-methyl/N-ethyl adjacent to an activating group) is 1. The number of methoxy groups -OCH3 is 1. The van der Waals surface area contributed by atoms with E-state index >= 15 is 0 Å². The van der Waals surface area contributed by atoms with Crippen LogP contribution < -0.4 is 5.32 Å². The van der Waals surface area contributed by atoms with Crippen molar-refractivity contribution < 1.29 is 4.74 Å². The van der Waals surface area contributed by atoms with E-state index in [0.29, 0.717) is 6.04 Å². The van der Waals surface area contributed by atoms with Crippen molar-refractivity contribution in [1.82, 2.24) is 10.2 Å². The second kappa shape index (κ2) is 9.32. The van der Waals surface area contributed by atoms with Crippen LogP contribution in [0.1, 0.15) is 40.5 Å². The van der Waals surface area contributed by atoms with Gasteiger partial charge in [-0.25, -0.2) is 0 Å². The predicted octanol–water partition coefficient (Wildman–Crippen LogP) is 2.02. The third kappa shape index (κ3) is 6.34. The van der Waals surface area contributed by atoms with Crippen LogP contribution in [0, 0.1) is 11.3 Å². The van der Waals surface area contributed by atoms with E-state index in [1.807, 2.05) is 13.8 Å². The van der Waals surface area contributed by atoms with Crippen molar-refractivity contribution in [1.29, 1.82) is 5.26 Å².